The number of anilines is 1. The maximum absolute atomic E-state index is 11.5. The van der Waals surface area contributed by atoms with Crippen molar-refractivity contribution in [2.45, 2.75) is 19.8 Å². The highest BCUT2D eigenvalue weighted by atomic mass is 32.1. The van der Waals surface area contributed by atoms with Crippen LogP contribution >= 0.6 is 11.3 Å². The van der Waals surface area contributed by atoms with E-state index < -0.39 is 0 Å². The van der Waals surface area contributed by atoms with Crippen LogP contribution in [0.3, 0.4) is 0 Å². The summed E-state index contributed by atoms with van der Waals surface area (Å²) >= 11 is 1.50. The average molecular weight is 386 g/mol. The lowest BCUT2D eigenvalue weighted by atomic mass is 10.2. The van der Waals surface area contributed by atoms with E-state index >= 15 is 0 Å². The number of ketones is 1. The molecule has 2 saturated heterocycles. The standard InChI is InChI=1S/C20H27N5OS/c1-16(26)18-4-5-19(27-18)17-14-20(22-15-21-17)25-12-10-24(11-13-25)9-8-23-6-2-3-7-23/h4-5,14-15H,2-3,6-13H2,1H3. The Morgan fingerprint density at radius 2 is 1.70 bits per heavy atom. The van der Waals surface area contributed by atoms with Gasteiger partial charge in [-0.05, 0) is 45.0 Å². The molecule has 0 bridgehead atoms. The van der Waals surface area contributed by atoms with Gasteiger partial charge in [0.05, 0.1) is 15.4 Å². The van der Waals surface area contributed by atoms with Crippen molar-refractivity contribution in [1.29, 1.82) is 0 Å². The number of carbonyl (C=O) groups excluding carboxylic acids is 1. The Bertz CT molecular complexity index is 778. The maximum Gasteiger partial charge on any atom is 0.169 e. The fourth-order valence-electron chi connectivity index (χ4n) is 3.81. The van der Waals surface area contributed by atoms with Gasteiger partial charge in [0.25, 0.3) is 0 Å². The third-order valence-electron chi connectivity index (χ3n) is 5.49. The van der Waals surface area contributed by atoms with Crippen LogP contribution < -0.4 is 4.90 Å². The van der Waals surface area contributed by atoms with Crippen LogP contribution in [0.15, 0.2) is 24.5 Å². The van der Waals surface area contributed by atoms with Crippen molar-refractivity contribution in [3.63, 3.8) is 0 Å². The van der Waals surface area contributed by atoms with Crippen LogP contribution in [0.2, 0.25) is 0 Å². The van der Waals surface area contributed by atoms with Crippen molar-refractivity contribution in [2.75, 3.05) is 57.3 Å². The topological polar surface area (TPSA) is 52.6 Å². The second kappa shape index (κ2) is 8.46. The first-order valence-electron chi connectivity index (χ1n) is 9.82. The monoisotopic (exact) mass is 385 g/mol. The number of rotatable bonds is 6. The van der Waals surface area contributed by atoms with Gasteiger partial charge >= 0.3 is 0 Å². The molecule has 0 N–H and O–H groups in total. The Morgan fingerprint density at radius 3 is 2.37 bits per heavy atom. The molecule has 0 radical (unpaired) electrons. The van der Waals surface area contributed by atoms with Crippen LogP contribution in [0.25, 0.3) is 10.6 Å². The van der Waals surface area contributed by atoms with E-state index in [-0.39, 0.29) is 5.78 Å². The van der Waals surface area contributed by atoms with E-state index in [1.165, 1.54) is 50.4 Å². The molecule has 7 heteroatoms. The zero-order chi connectivity index (χ0) is 18.6. The lowest BCUT2D eigenvalue weighted by Crippen LogP contribution is -2.48. The summed E-state index contributed by atoms with van der Waals surface area (Å²) in [6.45, 7) is 10.7. The molecule has 2 fully saturated rings. The molecule has 0 saturated carbocycles. The first-order valence-corrected chi connectivity index (χ1v) is 10.6. The third-order valence-corrected chi connectivity index (χ3v) is 6.69. The SMILES string of the molecule is CC(=O)c1ccc(-c2cc(N3CCN(CCN4CCCC4)CC3)ncn2)s1. The normalized spacial score (nSPS) is 18.9. The van der Waals surface area contributed by atoms with E-state index in [1.807, 2.05) is 12.1 Å². The maximum atomic E-state index is 11.5. The van der Waals surface area contributed by atoms with Gasteiger partial charge in [-0.25, -0.2) is 9.97 Å². The highest BCUT2D eigenvalue weighted by Crippen LogP contribution is 2.28. The highest BCUT2D eigenvalue weighted by molar-refractivity contribution is 7.17. The molecule has 4 heterocycles. The minimum atomic E-state index is 0.102. The zero-order valence-electron chi connectivity index (χ0n) is 15.9. The molecular formula is C20H27N5OS. The highest BCUT2D eigenvalue weighted by Gasteiger charge is 2.20. The molecule has 0 amide bonds. The zero-order valence-corrected chi connectivity index (χ0v) is 16.7. The molecule has 2 aromatic heterocycles. The summed E-state index contributed by atoms with van der Waals surface area (Å²) in [5.41, 5.74) is 0.897. The first kappa shape index (κ1) is 18.5. The number of carbonyl (C=O) groups is 1. The van der Waals surface area contributed by atoms with Crippen LogP contribution in [0.5, 0.6) is 0 Å². The van der Waals surface area contributed by atoms with Crippen molar-refractivity contribution < 1.29 is 4.79 Å². The van der Waals surface area contributed by atoms with Crippen molar-refractivity contribution in [1.82, 2.24) is 19.8 Å². The second-order valence-electron chi connectivity index (χ2n) is 7.36. The van der Waals surface area contributed by atoms with Gasteiger partial charge in [-0.1, -0.05) is 0 Å². The van der Waals surface area contributed by atoms with Crippen molar-refractivity contribution in [3.05, 3.63) is 29.4 Å². The third kappa shape index (κ3) is 4.54. The van der Waals surface area contributed by atoms with Crippen LogP contribution in [0.1, 0.15) is 29.4 Å². The van der Waals surface area contributed by atoms with Gasteiger partial charge in [0.2, 0.25) is 0 Å². The molecule has 0 aromatic carbocycles. The molecule has 144 valence electrons. The van der Waals surface area contributed by atoms with Crippen molar-refractivity contribution >= 4 is 22.9 Å². The lowest BCUT2D eigenvalue weighted by Gasteiger charge is -2.36. The van der Waals surface area contributed by atoms with Gasteiger partial charge in [-0.15, -0.1) is 11.3 Å². The van der Waals surface area contributed by atoms with Gasteiger partial charge in [-0.2, -0.15) is 0 Å². The van der Waals surface area contributed by atoms with Crippen LogP contribution in [0, 0.1) is 0 Å². The largest absolute Gasteiger partial charge is 0.354 e. The summed E-state index contributed by atoms with van der Waals surface area (Å²) in [6, 6.07) is 5.91. The summed E-state index contributed by atoms with van der Waals surface area (Å²) in [5, 5.41) is 0. The van der Waals surface area contributed by atoms with Gasteiger partial charge in [0, 0.05) is 45.3 Å². The quantitative estimate of drug-likeness (QED) is 0.713. The molecule has 0 spiro atoms. The summed E-state index contributed by atoms with van der Waals surface area (Å²) in [7, 11) is 0. The Labute approximate surface area is 164 Å². The molecule has 2 aliphatic rings. The number of likely N-dealkylation sites (tertiary alicyclic amines) is 1. The van der Waals surface area contributed by atoms with E-state index in [4.69, 9.17) is 0 Å². The van der Waals surface area contributed by atoms with Gasteiger partial charge in [0.1, 0.15) is 12.1 Å². The van der Waals surface area contributed by atoms with E-state index in [9.17, 15) is 4.79 Å². The Morgan fingerprint density at radius 1 is 1.00 bits per heavy atom. The molecule has 6 nitrogen and oxygen atoms in total. The number of nitrogens with zero attached hydrogens (tertiary/aromatic N) is 5. The molecule has 0 atom stereocenters. The minimum absolute atomic E-state index is 0.102. The summed E-state index contributed by atoms with van der Waals surface area (Å²) < 4.78 is 0. The fraction of sp³-hybridized carbons (Fsp3) is 0.550. The summed E-state index contributed by atoms with van der Waals surface area (Å²) in [6.07, 6.45) is 4.36. The summed E-state index contributed by atoms with van der Waals surface area (Å²) in [4.78, 5) is 29.7. The first-order chi connectivity index (χ1) is 13.2. The lowest BCUT2D eigenvalue weighted by molar-refractivity contribution is 0.102. The summed E-state index contributed by atoms with van der Waals surface area (Å²) in [5.74, 6) is 1.09. The van der Waals surface area contributed by atoms with Gasteiger partial charge in [0.15, 0.2) is 5.78 Å². The number of piperazine rings is 1. The number of hydrogen-bond donors (Lipinski definition) is 0. The second-order valence-corrected chi connectivity index (χ2v) is 8.44. The average Bonchev–Trinajstić information content (AvgIpc) is 3.39. The van der Waals surface area contributed by atoms with Crippen LogP contribution in [-0.2, 0) is 0 Å². The molecular weight excluding hydrogens is 358 g/mol. The number of Topliss-reactive ketones (excluding diaryl/α,β-unsaturated/α-hetero) is 1. The minimum Gasteiger partial charge on any atom is -0.354 e. The molecule has 0 aliphatic carbocycles. The molecule has 2 aliphatic heterocycles. The van der Waals surface area contributed by atoms with E-state index in [0.717, 1.165) is 47.4 Å². The van der Waals surface area contributed by atoms with E-state index in [0.29, 0.717) is 0 Å². The molecule has 0 unspecified atom stereocenters. The Balaban J connectivity index is 1.34. The Kier molecular flexibility index (Phi) is 5.80. The number of hydrogen-bond acceptors (Lipinski definition) is 7. The van der Waals surface area contributed by atoms with Crippen LogP contribution in [-0.4, -0.2) is 77.9 Å². The predicted octanol–water partition coefficient (Wildman–Crippen LogP) is 2.63. The fourth-order valence-corrected chi connectivity index (χ4v) is 4.68. The predicted molar refractivity (Wildman–Crippen MR) is 110 cm³/mol. The van der Waals surface area contributed by atoms with Gasteiger partial charge < -0.3 is 9.80 Å². The van der Waals surface area contributed by atoms with E-state index in [2.05, 4.69) is 30.7 Å². The molecule has 4 rings (SSSR count). The molecule has 27 heavy (non-hydrogen) atoms. The van der Waals surface area contributed by atoms with E-state index in [1.54, 1.807) is 13.3 Å². The Hall–Kier alpha value is -1.83. The smallest absolute Gasteiger partial charge is 0.169 e. The van der Waals surface area contributed by atoms with Crippen LogP contribution in [0.4, 0.5) is 5.82 Å². The van der Waals surface area contributed by atoms with Crippen molar-refractivity contribution in [3.8, 4) is 10.6 Å². The molecule has 2 aromatic rings. The number of aromatic nitrogens is 2. The van der Waals surface area contributed by atoms with Gasteiger partial charge in [-0.3, -0.25) is 9.69 Å². The van der Waals surface area contributed by atoms with Crippen molar-refractivity contribution in [2.24, 2.45) is 0 Å². The number of thiophene rings is 1.